The maximum Gasteiger partial charge on any atom is 0.369 e. The van der Waals surface area contributed by atoms with Crippen molar-refractivity contribution in [3.05, 3.63) is 28.4 Å². The van der Waals surface area contributed by atoms with Gasteiger partial charge in [-0.3, -0.25) is 5.09 Å². The first-order valence-corrected chi connectivity index (χ1v) is 5.62. The molecule has 11 heteroatoms. The number of nitrogens with one attached hydrogen (secondary N) is 1. The molecule has 104 valence electrons. The summed E-state index contributed by atoms with van der Waals surface area (Å²) in [6, 6.07) is 1.55. The maximum atomic E-state index is 11.9. The number of aryl methyl sites for hydroxylation is 2. The molecule has 0 aromatic carbocycles. The monoisotopic (exact) mass is 279 g/mol. The van der Waals surface area contributed by atoms with Gasteiger partial charge in [-0.05, 0) is 10.4 Å². The Kier molecular flexibility index (Phi) is 2.51. The van der Waals surface area contributed by atoms with Crippen molar-refractivity contribution >= 4 is 0 Å². The lowest BCUT2D eigenvalue weighted by Crippen LogP contribution is -2.23. The highest BCUT2D eigenvalue weighted by Gasteiger charge is 2.18. The predicted molar refractivity (Wildman–Crippen MR) is 64.1 cm³/mol. The van der Waals surface area contributed by atoms with Crippen molar-refractivity contribution in [3.8, 4) is 11.7 Å². The first-order chi connectivity index (χ1) is 10.1. The molecular weight excluding hydrogens is 266 g/mol. The molecule has 0 atom stereocenters. The smallest absolute Gasteiger partial charge is 0.369 e. The minimum absolute atomic E-state index is 0.0683. The lowest BCUT2D eigenvalue weighted by molar-refractivity contribution is 0.282. The van der Waals surface area contributed by atoms with Gasteiger partial charge in [0.25, 0.3) is 0 Å². The molecule has 0 bridgehead atoms. The van der Waals surface area contributed by atoms with E-state index >= 15 is 0 Å². The van der Waals surface area contributed by atoms with Gasteiger partial charge in [-0.1, -0.05) is 5.21 Å². The molecule has 0 saturated heterocycles. The molecule has 0 fully saturated rings. The fourth-order valence-electron chi connectivity index (χ4n) is 1.57. The van der Waals surface area contributed by atoms with Crippen molar-refractivity contribution in [2.75, 3.05) is 0 Å². The van der Waals surface area contributed by atoms with Crippen LogP contribution in [0.25, 0.3) is 5.82 Å². The number of nitrogens with zero attached hydrogens (tertiary/aromatic N) is 8. The molecule has 20 heavy (non-hydrogen) atoms. The highest BCUT2D eigenvalue weighted by Crippen LogP contribution is 2.11. The number of ether oxygens (including phenoxy) is 1. The number of tetrazole rings is 1. The van der Waals surface area contributed by atoms with Crippen LogP contribution in [0.3, 0.4) is 0 Å². The molecule has 3 aromatic rings. The normalized spacial score (nSPS) is 11.6. The Bertz CT molecular complexity index is 829. The molecule has 0 spiro atoms. The Morgan fingerprint density at radius 1 is 1.35 bits per heavy atom. The minimum Gasteiger partial charge on any atom is -0.470 e. The summed E-state index contributed by atoms with van der Waals surface area (Å²) < 4.78 is 16.3. The Morgan fingerprint density at radius 2 is 2.20 bits per heavy atom. The maximum absolute atomic E-state index is 11.9. The number of aromatic amines is 1. The predicted octanol–water partition coefficient (Wildman–Crippen LogP) is -1.60. The molecule has 0 aliphatic rings. The van der Waals surface area contributed by atoms with Crippen LogP contribution >= 0.6 is 0 Å². The van der Waals surface area contributed by atoms with Crippen molar-refractivity contribution in [3.63, 3.8) is 0 Å². The Hall–Kier alpha value is -2.98. The second kappa shape index (κ2) is 4.60. The van der Waals surface area contributed by atoms with Crippen molar-refractivity contribution in [2.24, 2.45) is 14.1 Å². The third-order valence-electron chi connectivity index (χ3n) is 2.64. The van der Waals surface area contributed by atoms with Gasteiger partial charge < -0.3 is 4.74 Å². The zero-order valence-corrected chi connectivity index (χ0v) is 10.7. The van der Waals surface area contributed by atoms with Crippen LogP contribution in [0.4, 0.5) is 0 Å². The lowest BCUT2D eigenvalue weighted by Gasteiger charge is -2.04. The molecule has 0 amide bonds. The van der Waals surface area contributed by atoms with Crippen molar-refractivity contribution < 1.29 is 6.15 Å². The Balaban J connectivity index is 1.90. The number of hydrogen-bond donors (Lipinski definition) is 1. The number of H-pyrrole nitrogens is 1. The molecule has 1 N–H and O–H groups in total. The fourth-order valence-corrected chi connectivity index (χ4v) is 1.57. The van der Waals surface area contributed by atoms with Crippen LogP contribution in [0.5, 0.6) is 5.88 Å². The van der Waals surface area contributed by atoms with Gasteiger partial charge in [0, 0.05) is 26.4 Å². The summed E-state index contributed by atoms with van der Waals surface area (Å²) in [7, 11) is 3.15. The SMILES string of the molecule is [3H]n1ccc(OCc2c(-n3nnn(C)c3=O)nnn2C)n1. The van der Waals surface area contributed by atoms with Crippen LogP contribution in [0.1, 0.15) is 5.69 Å². The molecule has 3 aromatic heterocycles. The third-order valence-corrected chi connectivity index (χ3v) is 2.64. The molecule has 11 nitrogen and oxygen atoms in total. The Labute approximate surface area is 113 Å². The zero-order chi connectivity index (χ0) is 15.0. The largest absolute Gasteiger partial charge is 0.470 e. The lowest BCUT2D eigenvalue weighted by atomic mass is 10.4. The Morgan fingerprint density at radius 3 is 2.85 bits per heavy atom. The summed E-state index contributed by atoms with van der Waals surface area (Å²) in [5, 5.41) is 19.7. The topological polar surface area (TPSA) is 121 Å². The van der Waals surface area contributed by atoms with E-state index in [-0.39, 0.29) is 18.3 Å². The second-order valence-electron chi connectivity index (χ2n) is 3.94. The van der Waals surface area contributed by atoms with E-state index in [0.29, 0.717) is 5.69 Å². The summed E-state index contributed by atoms with van der Waals surface area (Å²) in [6.45, 7) is 0.0683. The number of rotatable bonds is 4. The molecule has 0 aliphatic heterocycles. The summed E-state index contributed by atoms with van der Waals surface area (Å²) in [5.41, 5.74) is 0.0873. The number of hydrogen-bond acceptors (Lipinski definition) is 7. The molecule has 3 rings (SSSR count). The molecule has 3 heterocycles. The van der Waals surface area contributed by atoms with Crippen LogP contribution in [-0.2, 0) is 20.7 Å². The third kappa shape index (κ3) is 1.94. The van der Waals surface area contributed by atoms with Crippen LogP contribution in [0.2, 0.25) is 1.41 Å². The molecule has 0 aliphatic carbocycles. The van der Waals surface area contributed by atoms with Crippen molar-refractivity contribution in [1.82, 2.24) is 45.0 Å². The summed E-state index contributed by atoms with van der Waals surface area (Å²) in [5.74, 6) is 0.518. The van der Waals surface area contributed by atoms with E-state index in [0.717, 1.165) is 14.5 Å². The van der Waals surface area contributed by atoms with Gasteiger partial charge in [0.1, 0.15) is 12.3 Å². The molecule has 0 saturated carbocycles. The van der Waals surface area contributed by atoms with E-state index in [1.807, 2.05) is 0 Å². The number of aromatic nitrogens is 9. The van der Waals surface area contributed by atoms with E-state index in [1.54, 1.807) is 13.1 Å². The van der Waals surface area contributed by atoms with Crippen LogP contribution in [0, 0.1) is 0 Å². The van der Waals surface area contributed by atoms with Crippen molar-refractivity contribution in [2.45, 2.75) is 6.61 Å². The van der Waals surface area contributed by atoms with Crippen LogP contribution < -0.4 is 10.4 Å². The van der Waals surface area contributed by atoms with E-state index in [9.17, 15) is 4.79 Å². The highest BCUT2D eigenvalue weighted by atomic mass is 16.5. The van der Waals surface area contributed by atoms with Crippen LogP contribution in [-0.4, -0.2) is 45.0 Å². The van der Waals surface area contributed by atoms with Gasteiger partial charge in [-0.25, -0.2) is 9.48 Å². The van der Waals surface area contributed by atoms with Gasteiger partial charge in [-0.2, -0.15) is 4.68 Å². The average Bonchev–Trinajstić information content (AvgIpc) is 3.11. The first kappa shape index (κ1) is 10.9. The van der Waals surface area contributed by atoms with E-state index < -0.39 is 5.69 Å². The van der Waals surface area contributed by atoms with Gasteiger partial charge in [0.2, 0.25) is 11.7 Å². The van der Waals surface area contributed by atoms with Gasteiger partial charge >= 0.3 is 5.69 Å². The van der Waals surface area contributed by atoms with Gasteiger partial charge in [0.15, 0.2) is 1.41 Å². The van der Waals surface area contributed by atoms with Crippen molar-refractivity contribution in [1.29, 1.82) is 0 Å². The average molecular weight is 279 g/mol. The van der Waals surface area contributed by atoms with E-state index in [2.05, 4.69) is 25.8 Å². The van der Waals surface area contributed by atoms with Gasteiger partial charge in [-0.15, -0.1) is 14.9 Å². The highest BCUT2D eigenvalue weighted by molar-refractivity contribution is 5.25. The van der Waals surface area contributed by atoms with E-state index in [1.165, 1.54) is 17.9 Å². The molecular formula is C9H11N9O2. The second-order valence-corrected chi connectivity index (χ2v) is 3.94. The quantitative estimate of drug-likeness (QED) is 0.610. The summed E-state index contributed by atoms with van der Waals surface area (Å²) >= 11 is 0. The van der Waals surface area contributed by atoms with Gasteiger partial charge in [0.05, 0.1) is 0 Å². The molecule has 0 unspecified atom stereocenters. The summed E-state index contributed by atoms with van der Waals surface area (Å²) in [6.07, 6.45) is 1.44. The minimum atomic E-state index is -0.438. The molecule has 0 radical (unpaired) electrons. The fraction of sp³-hybridized carbons (Fsp3) is 0.333. The van der Waals surface area contributed by atoms with E-state index in [4.69, 9.17) is 6.15 Å². The van der Waals surface area contributed by atoms with Crippen LogP contribution in [0.15, 0.2) is 17.1 Å². The summed E-state index contributed by atoms with van der Waals surface area (Å²) in [4.78, 5) is 11.9. The zero-order valence-electron chi connectivity index (χ0n) is 11.7. The standard InChI is InChI=1S/C9H11N9O2/c1-16-6(5-20-7-3-4-10-11-7)8(12-13-16)18-9(19)17(2)14-15-18/h3-4H,5H2,1-2H3,(H,10,11)/i/hT. The first-order valence-electron chi connectivity index (χ1n) is 6.06.